The van der Waals surface area contributed by atoms with E-state index in [0.29, 0.717) is 0 Å². The fraction of sp³-hybridized carbons (Fsp3) is 0.538. The molecule has 2 fully saturated rings. The van der Waals surface area contributed by atoms with E-state index in [4.69, 9.17) is 37.9 Å². The minimum absolute atomic E-state index is 0.145. The molecule has 322 valence electrons. The summed E-state index contributed by atoms with van der Waals surface area (Å²) in [4.78, 5) is 74.5. The third-order valence-corrected chi connectivity index (χ3v) is 9.84. The van der Waals surface area contributed by atoms with Crippen LogP contribution in [0, 0.1) is 0 Å². The number of benzene rings is 2. The van der Waals surface area contributed by atoms with E-state index in [9.17, 15) is 47.8 Å². The van der Waals surface area contributed by atoms with Crippen molar-refractivity contribution in [3.63, 3.8) is 0 Å². The zero-order valence-corrected chi connectivity index (χ0v) is 32.6. The first kappa shape index (κ1) is 44.8. The van der Waals surface area contributed by atoms with Crippen LogP contribution in [0.4, 0.5) is 13.6 Å². The molecule has 0 unspecified atom stereocenters. The molecule has 0 saturated carbocycles. The summed E-state index contributed by atoms with van der Waals surface area (Å²) in [5.74, 6) is -5.59. The molecule has 2 aliphatic heterocycles. The lowest BCUT2D eigenvalue weighted by Crippen LogP contribution is -2.69. The quantitative estimate of drug-likeness (QED) is 0.148. The van der Waals surface area contributed by atoms with Crippen LogP contribution in [0.5, 0.6) is 0 Å². The summed E-state index contributed by atoms with van der Waals surface area (Å²) in [6, 6.07) is 11.7. The lowest BCUT2D eigenvalue weighted by molar-refractivity contribution is -0.346. The highest BCUT2D eigenvalue weighted by Gasteiger charge is 2.56. The van der Waals surface area contributed by atoms with E-state index in [1.54, 1.807) is 0 Å². The van der Waals surface area contributed by atoms with E-state index in [1.165, 1.54) is 6.92 Å². The van der Waals surface area contributed by atoms with E-state index in [2.05, 4.69) is 10.6 Å². The highest BCUT2D eigenvalue weighted by atomic mass is 19.1. The van der Waals surface area contributed by atoms with E-state index in [-0.39, 0.29) is 12.5 Å². The molecule has 12 atom stereocenters. The molecule has 2 saturated heterocycles. The summed E-state index contributed by atoms with van der Waals surface area (Å²) in [5.41, 5.74) is 3.77. The van der Waals surface area contributed by atoms with Crippen molar-refractivity contribution in [2.75, 3.05) is 20.0 Å². The number of esters is 3. The Hall–Kier alpha value is -5.28. The third-order valence-electron chi connectivity index (χ3n) is 9.84. The van der Waals surface area contributed by atoms with Gasteiger partial charge >= 0.3 is 30.0 Å². The molecular weight excluding hydrogens is 790 g/mol. The smallest absolute Gasteiger partial charge is 0.407 e. The van der Waals surface area contributed by atoms with Crippen molar-refractivity contribution in [1.82, 2.24) is 10.6 Å². The number of aliphatic hydroxyl groups is 1. The second-order valence-corrected chi connectivity index (χ2v) is 14.1. The molecule has 0 radical (unpaired) electrons. The van der Waals surface area contributed by atoms with Gasteiger partial charge in [-0.15, -0.1) is 0 Å². The van der Waals surface area contributed by atoms with Crippen molar-refractivity contribution in [2.24, 2.45) is 0 Å². The summed E-state index contributed by atoms with van der Waals surface area (Å²) in [6.45, 7) is 2.32. The van der Waals surface area contributed by atoms with E-state index < -0.39 is 123 Å². The zero-order valence-electron chi connectivity index (χ0n) is 32.6. The van der Waals surface area contributed by atoms with Crippen LogP contribution in [0.2, 0.25) is 0 Å². The number of fused-ring (bicyclic) bond motifs is 3. The Balaban J connectivity index is 1.37. The number of amides is 2. The van der Waals surface area contributed by atoms with Crippen LogP contribution < -0.4 is 10.6 Å². The van der Waals surface area contributed by atoms with Crippen molar-refractivity contribution in [1.29, 1.82) is 0 Å². The van der Waals surface area contributed by atoms with Crippen LogP contribution in [-0.4, -0.2) is 140 Å². The molecule has 2 heterocycles. The molecule has 3 aliphatic rings. The van der Waals surface area contributed by atoms with Gasteiger partial charge in [0.05, 0.1) is 6.10 Å². The first-order valence-electron chi connectivity index (χ1n) is 18.6. The Bertz CT molecular complexity index is 1820. The molecule has 59 heavy (non-hydrogen) atoms. The van der Waals surface area contributed by atoms with Crippen molar-refractivity contribution >= 4 is 35.9 Å². The second kappa shape index (κ2) is 19.6. The van der Waals surface area contributed by atoms with Gasteiger partial charge in [-0.3, -0.25) is 19.2 Å². The molecule has 2 aromatic carbocycles. The first-order valence-corrected chi connectivity index (χ1v) is 18.6. The molecule has 1 aliphatic carbocycles. The standard InChI is InChI=1S/C39H46F2N2O16/c1-17(29(36(49)50)43-39(51)52-16-26-24-12-8-6-10-22(24)23-11-7-9-13-25(23)26)53-37-30(42-18(2)44)33(31(48)27(14-40)57-37)59-38-35(56-21(5)47)34(55-20(4)46)32(54-19(3)45)28(15-41)58-38/h6-13,17,26-35,37-38,48H,14-16H2,1-5H3,(H,42,44)(H,43,51)(H,49,50)/t17-,27-,28-,29+,30-,31+,32+,33-,34+,35-,37+,38+/m1/s1. The SMILES string of the molecule is CC(=O)N[C@H]1[C@@H](O[C@H](C)[C@H](NC(=O)OCC2c3ccccc3-c3ccccc32)C(=O)O)O[C@H](CF)[C@H](O)[C@@H]1O[C@@H]1O[C@H](CF)[C@H](OC(C)=O)[C@H](OC(C)=O)[C@H]1OC(C)=O. The maximum Gasteiger partial charge on any atom is 0.407 e. The van der Waals surface area contributed by atoms with Crippen molar-refractivity contribution in [3.05, 3.63) is 59.7 Å². The third kappa shape index (κ3) is 10.5. The largest absolute Gasteiger partial charge is 0.480 e. The normalized spacial score (nSPS) is 28.5. The van der Waals surface area contributed by atoms with Gasteiger partial charge in [0.2, 0.25) is 5.91 Å². The van der Waals surface area contributed by atoms with E-state index in [0.717, 1.165) is 49.9 Å². The Morgan fingerprint density at radius 1 is 0.746 bits per heavy atom. The fourth-order valence-corrected chi connectivity index (χ4v) is 7.39. The summed E-state index contributed by atoms with van der Waals surface area (Å²) < 4.78 is 73.5. The Morgan fingerprint density at radius 3 is 1.80 bits per heavy atom. The number of halogens is 2. The van der Waals surface area contributed by atoms with Crippen LogP contribution >= 0.6 is 0 Å². The molecule has 0 spiro atoms. The number of hydrogen-bond donors (Lipinski definition) is 4. The summed E-state index contributed by atoms with van der Waals surface area (Å²) in [6.07, 6.45) is -18.9. The van der Waals surface area contributed by atoms with Gasteiger partial charge in [-0.1, -0.05) is 48.5 Å². The molecule has 4 N–H and O–H groups in total. The summed E-state index contributed by atoms with van der Waals surface area (Å²) in [5, 5.41) is 26.1. The van der Waals surface area contributed by atoms with Crippen molar-refractivity contribution < 1.29 is 85.7 Å². The number of carboxylic acids is 1. The molecule has 20 heteroatoms. The van der Waals surface area contributed by atoms with Crippen molar-refractivity contribution in [3.8, 4) is 11.1 Å². The number of aliphatic hydroxyl groups excluding tert-OH is 1. The van der Waals surface area contributed by atoms with E-state index in [1.807, 2.05) is 48.5 Å². The number of rotatable bonds is 15. The molecule has 0 aromatic heterocycles. The number of alkyl halides is 2. The molecule has 18 nitrogen and oxygen atoms in total. The maximum absolute atomic E-state index is 14.5. The lowest BCUT2D eigenvalue weighted by Gasteiger charge is -2.48. The van der Waals surface area contributed by atoms with Crippen LogP contribution in [0.1, 0.15) is 51.7 Å². The summed E-state index contributed by atoms with van der Waals surface area (Å²) in [7, 11) is 0. The number of carbonyl (C=O) groups excluding carboxylic acids is 5. The predicted octanol–water partition coefficient (Wildman–Crippen LogP) is 1.82. The Kier molecular flexibility index (Phi) is 14.9. The highest BCUT2D eigenvalue weighted by Crippen LogP contribution is 2.44. The Labute approximate surface area is 336 Å². The number of hydrogen-bond acceptors (Lipinski definition) is 15. The summed E-state index contributed by atoms with van der Waals surface area (Å²) >= 11 is 0. The number of aliphatic carboxylic acids is 1. The number of carbonyl (C=O) groups is 6. The predicted molar refractivity (Wildman–Crippen MR) is 195 cm³/mol. The minimum Gasteiger partial charge on any atom is -0.480 e. The van der Waals surface area contributed by atoms with Gasteiger partial charge in [-0.2, -0.15) is 0 Å². The maximum atomic E-state index is 14.5. The zero-order chi connectivity index (χ0) is 43.1. The molecular formula is C39H46F2N2O16. The number of ether oxygens (including phenoxy) is 8. The topological polar surface area (TPSA) is 241 Å². The number of nitrogens with one attached hydrogen (secondary N) is 2. The van der Waals surface area contributed by atoms with Gasteiger partial charge in [0.15, 0.2) is 36.9 Å². The van der Waals surface area contributed by atoms with Gasteiger partial charge in [-0.25, -0.2) is 18.4 Å². The minimum atomic E-state index is -1.97. The number of carboxylic acid groups (broad SMARTS) is 1. The fourth-order valence-electron chi connectivity index (χ4n) is 7.39. The van der Waals surface area contributed by atoms with Crippen LogP contribution in [-0.2, 0) is 61.9 Å². The number of alkyl carbamates (subject to hydrolysis) is 1. The van der Waals surface area contributed by atoms with Crippen LogP contribution in [0.25, 0.3) is 11.1 Å². The Morgan fingerprint density at radius 2 is 1.27 bits per heavy atom. The van der Waals surface area contributed by atoms with Gasteiger partial charge in [0, 0.05) is 33.6 Å². The highest BCUT2D eigenvalue weighted by molar-refractivity contribution is 5.81. The second-order valence-electron chi connectivity index (χ2n) is 14.1. The molecule has 2 aromatic rings. The van der Waals surface area contributed by atoms with Crippen LogP contribution in [0.3, 0.4) is 0 Å². The van der Waals surface area contributed by atoms with Gasteiger partial charge in [0.1, 0.15) is 50.4 Å². The average Bonchev–Trinajstić information content (AvgIpc) is 3.49. The van der Waals surface area contributed by atoms with Gasteiger partial charge < -0.3 is 58.7 Å². The first-order chi connectivity index (χ1) is 28.0. The molecule has 5 rings (SSSR count). The van der Waals surface area contributed by atoms with Gasteiger partial charge in [-0.05, 0) is 29.2 Å². The molecule has 2 amide bonds. The van der Waals surface area contributed by atoms with Crippen molar-refractivity contribution in [2.45, 2.75) is 114 Å². The van der Waals surface area contributed by atoms with Crippen LogP contribution in [0.15, 0.2) is 48.5 Å². The average molecular weight is 837 g/mol. The van der Waals surface area contributed by atoms with Gasteiger partial charge in [0.25, 0.3) is 0 Å². The lowest BCUT2D eigenvalue weighted by atomic mass is 9.95. The monoisotopic (exact) mass is 836 g/mol. The molecule has 0 bridgehead atoms. The van der Waals surface area contributed by atoms with E-state index >= 15 is 0 Å².